The quantitative estimate of drug-likeness (QED) is 0.666. The number of anilines is 1. The molecule has 0 radical (unpaired) electrons. The van der Waals surface area contributed by atoms with Crippen molar-refractivity contribution in [3.8, 4) is 0 Å². The van der Waals surface area contributed by atoms with Crippen molar-refractivity contribution in [3.63, 3.8) is 0 Å². The molecule has 3 rings (SSSR count). The third kappa shape index (κ3) is 6.04. The van der Waals surface area contributed by atoms with Gasteiger partial charge in [0.05, 0.1) is 30.5 Å². The van der Waals surface area contributed by atoms with Gasteiger partial charge in [-0.2, -0.15) is 0 Å². The lowest BCUT2D eigenvalue weighted by Crippen LogP contribution is -2.39. The Balaban J connectivity index is 1.79. The molecule has 1 aliphatic heterocycles. The number of carbonyl (C=O) groups is 1. The number of likely N-dealkylation sites (tertiary alicyclic amines) is 1. The molecule has 0 aliphatic carbocycles. The van der Waals surface area contributed by atoms with Crippen molar-refractivity contribution in [2.24, 2.45) is 0 Å². The Morgan fingerprint density at radius 1 is 1.20 bits per heavy atom. The molecule has 1 heterocycles. The second-order valence-electron chi connectivity index (χ2n) is 7.84. The standard InChI is InChI=1S/C22H29N3O4S/c1-24(22(27)14-18-10-6-7-11-20(18)23-30(2,28)29)21(17-8-4-3-5-9-17)16-25-13-12-19(26)15-25/h3-11,19,21,23,26H,12-16H2,1-2H3/t19?,21-/m1/s1. The van der Waals surface area contributed by atoms with Gasteiger partial charge in [0.25, 0.3) is 0 Å². The van der Waals surface area contributed by atoms with Crippen LogP contribution in [0.3, 0.4) is 0 Å². The number of amides is 1. The molecule has 2 aromatic rings. The maximum absolute atomic E-state index is 13.2. The minimum Gasteiger partial charge on any atom is -0.392 e. The van der Waals surface area contributed by atoms with Gasteiger partial charge >= 0.3 is 0 Å². The molecule has 0 bridgehead atoms. The summed E-state index contributed by atoms with van der Waals surface area (Å²) < 4.78 is 25.8. The van der Waals surface area contributed by atoms with Crippen molar-refractivity contribution >= 4 is 21.6 Å². The Labute approximate surface area is 178 Å². The predicted molar refractivity (Wildman–Crippen MR) is 118 cm³/mol. The molecule has 8 heteroatoms. The number of likely N-dealkylation sites (N-methyl/N-ethyl adjacent to an activating group) is 1. The van der Waals surface area contributed by atoms with Gasteiger partial charge in [0.2, 0.25) is 15.9 Å². The molecule has 0 saturated carbocycles. The van der Waals surface area contributed by atoms with E-state index < -0.39 is 10.0 Å². The molecule has 0 spiro atoms. The Kier molecular flexibility index (Phi) is 7.12. The minimum atomic E-state index is -3.44. The summed E-state index contributed by atoms with van der Waals surface area (Å²) in [7, 11) is -1.66. The van der Waals surface area contributed by atoms with E-state index in [-0.39, 0.29) is 24.5 Å². The van der Waals surface area contributed by atoms with Crippen LogP contribution in [0.2, 0.25) is 0 Å². The van der Waals surface area contributed by atoms with Gasteiger partial charge in [0.15, 0.2) is 0 Å². The smallest absolute Gasteiger partial charge is 0.229 e. The number of rotatable bonds is 8. The fourth-order valence-corrected chi connectivity index (χ4v) is 4.38. The monoisotopic (exact) mass is 431 g/mol. The van der Waals surface area contributed by atoms with Crippen LogP contribution < -0.4 is 4.72 Å². The summed E-state index contributed by atoms with van der Waals surface area (Å²) in [5.74, 6) is -0.105. The highest BCUT2D eigenvalue weighted by Gasteiger charge is 2.28. The molecule has 1 unspecified atom stereocenters. The van der Waals surface area contributed by atoms with Crippen LogP contribution in [0.25, 0.3) is 0 Å². The van der Waals surface area contributed by atoms with E-state index in [2.05, 4.69) is 9.62 Å². The summed E-state index contributed by atoms with van der Waals surface area (Å²) in [5, 5.41) is 9.87. The molecule has 1 fully saturated rings. The van der Waals surface area contributed by atoms with E-state index in [1.165, 1.54) is 0 Å². The van der Waals surface area contributed by atoms with Gasteiger partial charge in [-0.3, -0.25) is 14.4 Å². The molecule has 2 atom stereocenters. The highest BCUT2D eigenvalue weighted by atomic mass is 32.2. The first-order valence-electron chi connectivity index (χ1n) is 9.99. The number of para-hydroxylation sites is 1. The highest BCUT2D eigenvalue weighted by Crippen LogP contribution is 2.25. The van der Waals surface area contributed by atoms with Gasteiger partial charge in [0, 0.05) is 26.7 Å². The molecule has 2 aromatic carbocycles. The molecular formula is C22H29N3O4S. The average molecular weight is 432 g/mol. The van der Waals surface area contributed by atoms with Crippen LogP contribution in [0.1, 0.15) is 23.6 Å². The Morgan fingerprint density at radius 3 is 2.50 bits per heavy atom. The number of hydrogen-bond donors (Lipinski definition) is 2. The van der Waals surface area contributed by atoms with Crippen molar-refractivity contribution in [1.29, 1.82) is 0 Å². The normalized spacial score (nSPS) is 18.2. The number of nitrogens with one attached hydrogen (secondary N) is 1. The fourth-order valence-electron chi connectivity index (χ4n) is 3.78. The van der Waals surface area contributed by atoms with E-state index in [0.29, 0.717) is 24.3 Å². The van der Waals surface area contributed by atoms with Crippen LogP contribution in [0.4, 0.5) is 5.69 Å². The van der Waals surface area contributed by atoms with Crippen molar-refractivity contribution in [2.75, 3.05) is 37.7 Å². The van der Waals surface area contributed by atoms with E-state index >= 15 is 0 Å². The summed E-state index contributed by atoms with van der Waals surface area (Å²) >= 11 is 0. The molecule has 2 N–H and O–H groups in total. The topological polar surface area (TPSA) is 90.0 Å². The number of carbonyl (C=O) groups excluding carboxylic acids is 1. The molecule has 1 amide bonds. The molecule has 1 aliphatic rings. The molecule has 7 nitrogen and oxygen atoms in total. The van der Waals surface area contributed by atoms with Gasteiger partial charge in [-0.25, -0.2) is 8.42 Å². The van der Waals surface area contributed by atoms with E-state index in [0.717, 1.165) is 24.8 Å². The summed E-state index contributed by atoms with van der Waals surface area (Å²) in [6.45, 7) is 2.03. The zero-order valence-electron chi connectivity index (χ0n) is 17.4. The lowest BCUT2D eigenvalue weighted by molar-refractivity contribution is -0.131. The van der Waals surface area contributed by atoms with Crippen LogP contribution in [-0.2, 0) is 21.2 Å². The second kappa shape index (κ2) is 9.59. The summed E-state index contributed by atoms with van der Waals surface area (Å²) in [6, 6.07) is 16.6. The zero-order chi connectivity index (χ0) is 21.7. The second-order valence-corrected chi connectivity index (χ2v) is 9.59. The SMILES string of the molecule is CN(C(=O)Cc1ccccc1NS(C)(=O)=O)[C@H](CN1CCC(O)C1)c1ccccc1. The Bertz CT molecular complexity index is 965. The van der Waals surface area contributed by atoms with E-state index in [1.807, 2.05) is 30.3 Å². The number of hydrogen-bond acceptors (Lipinski definition) is 5. The van der Waals surface area contributed by atoms with Crippen molar-refractivity contribution < 1.29 is 18.3 Å². The molecule has 162 valence electrons. The fraction of sp³-hybridized carbons (Fsp3) is 0.409. The maximum atomic E-state index is 13.2. The first kappa shape index (κ1) is 22.3. The van der Waals surface area contributed by atoms with Gasteiger partial charge in [0.1, 0.15) is 0 Å². The summed E-state index contributed by atoms with van der Waals surface area (Å²) in [4.78, 5) is 17.1. The first-order valence-corrected chi connectivity index (χ1v) is 11.9. The number of benzene rings is 2. The van der Waals surface area contributed by atoms with Crippen molar-refractivity contribution in [1.82, 2.24) is 9.80 Å². The highest BCUT2D eigenvalue weighted by molar-refractivity contribution is 7.92. The van der Waals surface area contributed by atoms with Gasteiger partial charge in [-0.1, -0.05) is 48.5 Å². The van der Waals surface area contributed by atoms with Crippen LogP contribution >= 0.6 is 0 Å². The Morgan fingerprint density at radius 2 is 1.87 bits per heavy atom. The summed E-state index contributed by atoms with van der Waals surface area (Å²) in [5.41, 5.74) is 2.07. The number of aliphatic hydroxyl groups is 1. The largest absolute Gasteiger partial charge is 0.392 e. The van der Waals surface area contributed by atoms with Gasteiger partial charge in [-0.15, -0.1) is 0 Å². The van der Waals surface area contributed by atoms with Crippen molar-refractivity contribution in [2.45, 2.75) is 25.0 Å². The number of nitrogens with zero attached hydrogens (tertiary/aromatic N) is 2. The molecule has 1 saturated heterocycles. The molecule has 30 heavy (non-hydrogen) atoms. The molecule has 0 aromatic heterocycles. The number of aliphatic hydroxyl groups excluding tert-OH is 1. The van der Waals surface area contributed by atoms with Crippen LogP contribution in [0.15, 0.2) is 54.6 Å². The van der Waals surface area contributed by atoms with E-state index in [9.17, 15) is 18.3 Å². The van der Waals surface area contributed by atoms with Gasteiger partial charge < -0.3 is 10.0 Å². The number of β-amino-alcohol motifs (C(OH)–C–C–N with tert-alkyl or cyclic N) is 1. The predicted octanol–water partition coefficient (Wildman–Crippen LogP) is 1.87. The maximum Gasteiger partial charge on any atom is 0.229 e. The minimum absolute atomic E-state index is 0.0845. The zero-order valence-corrected chi connectivity index (χ0v) is 18.2. The van der Waals surface area contributed by atoms with Crippen LogP contribution in [-0.4, -0.2) is 68.3 Å². The third-order valence-electron chi connectivity index (χ3n) is 5.38. The first-order chi connectivity index (χ1) is 14.2. The average Bonchev–Trinajstić information content (AvgIpc) is 3.11. The lowest BCUT2D eigenvalue weighted by Gasteiger charge is -2.32. The van der Waals surface area contributed by atoms with Crippen LogP contribution in [0.5, 0.6) is 0 Å². The Hall–Kier alpha value is -2.42. The van der Waals surface area contributed by atoms with E-state index in [1.54, 1.807) is 36.2 Å². The number of sulfonamides is 1. The molecular weight excluding hydrogens is 402 g/mol. The summed E-state index contributed by atoms with van der Waals surface area (Å²) in [6.07, 6.45) is 1.59. The third-order valence-corrected chi connectivity index (χ3v) is 5.97. The lowest BCUT2D eigenvalue weighted by atomic mass is 10.0. The van der Waals surface area contributed by atoms with E-state index in [4.69, 9.17) is 0 Å². The van der Waals surface area contributed by atoms with Crippen molar-refractivity contribution in [3.05, 3.63) is 65.7 Å². The van der Waals surface area contributed by atoms with Crippen LogP contribution in [0, 0.1) is 0 Å². The van der Waals surface area contributed by atoms with Gasteiger partial charge in [-0.05, 0) is 23.6 Å².